The van der Waals surface area contributed by atoms with Crippen molar-refractivity contribution in [2.75, 3.05) is 5.32 Å². The summed E-state index contributed by atoms with van der Waals surface area (Å²) in [4.78, 5) is 19.7. The molecular weight excluding hydrogens is 273 g/mol. The number of carbonyl (C=O) groups excluding carboxylic acids is 1. The first-order valence-corrected chi connectivity index (χ1v) is 6.05. The lowest BCUT2D eigenvalue weighted by Gasteiger charge is -2.04. The summed E-state index contributed by atoms with van der Waals surface area (Å²) < 4.78 is 0. The van der Waals surface area contributed by atoms with Crippen molar-refractivity contribution in [3.05, 3.63) is 52.8 Å². The minimum absolute atomic E-state index is 0.170. The van der Waals surface area contributed by atoms with Crippen LogP contribution in [0.2, 0.25) is 5.15 Å². The highest BCUT2D eigenvalue weighted by Gasteiger charge is 2.08. The van der Waals surface area contributed by atoms with Crippen molar-refractivity contribution in [2.24, 2.45) is 0 Å². The average molecular weight is 282 g/mol. The number of nitrogens with zero attached hydrogens (tertiary/aromatic N) is 2. The lowest BCUT2D eigenvalue weighted by atomic mass is 10.1. The molecule has 0 atom stereocenters. The van der Waals surface area contributed by atoms with E-state index in [0.29, 0.717) is 11.4 Å². The molecule has 0 saturated heterocycles. The molecule has 6 heteroatoms. The first-order chi connectivity index (χ1) is 8.69. The minimum Gasteiger partial charge on any atom is -0.290 e. The summed E-state index contributed by atoms with van der Waals surface area (Å²) in [7, 11) is 0. The van der Waals surface area contributed by atoms with Crippen molar-refractivity contribution in [3.63, 3.8) is 0 Å². The first kappa shape index (κ1) is 12.8. The number of alkyl halides is 1. The van der Waals surface area contributed by atoms with Crippen LogP contribution in [-0.4, -0.2) is 15.9 Å². The lowest BCUT2D eigenvalue weighted by Crippen LogP contribution is -2.14. The van der Waals surface area contributed by atoms with Gasteiger partial charge in [-0.3, -0.25) is 10.1 Å². The van der Waals surface area contributed by atoms with Gasteiger partial charge in [-0.1, -0.05) is 23.7 Å². The number of halogens is 2. The van der Waals surface area contributed by atoms with Gasteiger partial charge in [0.1, 0.15) is 5.15 Å². The van der Waals surface area contributed by atoms with E-state index in [0.717, 1.165) is 5.56 Å². The second-order valence-corrected chi connectivity index (χ2v) is 4.15. The topological polar surface area (TPSA) is 54.9 Å². The molecule has 2 rings (SSSR count). The summed E-state index contributed by atoms with van der Waals surface area (Å²) in [6.07, 6.45) is 1.47. The van der Waals surface area contributed by atoms with Crippen LogP contribution < -0.4 is 5.32 Å². The molecule has 1 amide bonds. The zero-order valence-electron chi connectivity index (χ0n) is 9.23. The van der Waals surface area contributed by atoms with E-state index in [1.54, 1.807) is 18.2 Å². The third-order valence-corrected chi connectivity index (χ3v) is 2.71. The number of hydrogen-bond donors (Lipinski definition) is 1. The molecule has 0 saturated carbocycles. The molecule has 0 bridgehead atoms. The van der Waals surface area contributed by atoms with Crippen LogP contribution in [0.1, 0.15) is 15.9 Å². The number of rotatable bonds is 3. The Labute approximate surface area is 114 Å². The maximum atomic E-state index is 11.9. The van der Waals surface area contributed by atoms with Gasteiger partial charge in [-0.2, -0.15) is 0 Å². The lowest BCUT2D eigenvalue weighted by molar-refractivity contribution is 0.102. The summed E-state index contributed by atoms with van der Waals surface area (Å²) in [6, 6.07) is 8.55. The van der Waals surface area contributed by atoms with Crippen molar-refractivity contribution in [3.8, 4) is 0 Å². The fourth-order valence-electron chi connectivity index (χ4n) is 1.37. The Morgan fingerprint density at radius 2 is 2.17 bits per heavy atom. The van der Waals surface area contributed by atoms with Crippen molar-refractivity contribution in [1.29, 1.82) is 0 Å². The van der Waals surface area contributed by atoms with E-state index in [-0.39, 0.29) is 17.0 Å². The average Bonchev–Trinajstić information content (AvgIpc) is 2.39. The van der Waals surface area contributed by atoms with Crippen molar-refractivity contribution < 1.29 is 4.79 Å². The predicted octanol–water partition coefficient (Wildman–Crippen LogP) is 3.12. The van der Waals surface area contributed by atoms with Gasteiger partial charge < -0.3 is 0 Å². The molecule has 1 N–H and O–H groups in total. The zero-order chi connectivity index (χ0) is 13.0. The summed E-state index contributed by atoms with van der Waals surface area (Å²) >= 11 is 11.4. The highest BCUT2D eigenvalue weighted by molar-refractivity contribution is 6.29. The number of nitrogens with one attached hydrogen (secondary N) is 1. The maximum Gasteiger partial charge on any atom is 0.258 e. The van der Waals surface area contributed by atoms with Crippen LogP contribution in [0.3, 0.4) is 0 Å². The normalized spacial score (nSPS) is 10.1. The Bertz CT molecular complexity index is 575. The number of anilines is 1. The van der Waals surface area contributed by atoms with Gasteiger partial charge in [0.15, 0.2) is 0 Å². The fourth-order valence-corrected chi connectivity index (χ4v) is 1.67. The number of aromatic nitrogens is 2. The van der Waals surface area contributed by atoms with Crippen LogP contribution in [-0.2, 0) is 5.88 Å². The second-order valence-electron chi connectivity index (χ2n) is 3.49. The molecule has 18 heavy (non-hydrogen) atoms. The molecule has 0 aliphatic carbocycles. The van der Waals surface area contributed by atoms with Gasteiger partial charge in [-0.15, -0.1) is 11.6 Å². The van der Waals surface area contributed by atoms with E-state index in [1.165, 1.54) is 12.3 Å². The largest absolute Gasteiger partial charge is 0.290 e. The summed E-state index contributed by atoms with van der Waals surface area (Å²) in [5, 5.41) is 2.83. The Balaban J connectivity index is 2.16. The molecule has 0 spiro atoms. The molecule has 0 aliphatic heterocycles. The molecule has 1 heterocycles. The van der Waals surface area contributed by atoms with E-state index in [2.05, 4.69) is 15.3 Å². The number of carbonyl (C=O) groups is 1. The quantitative estimate of drug-likeness (QED) is 0.695. The SMILES string of the molecule is O=C(Nc1nccc(Cl)n1)c1cccc(CCl)c1. The number of hydrogen-bond acceptors (Lipinski definition) is 3. The van der Waals surface area contributed by atoms with Crippen molar-refractivity contribution >= 4 is 35.1 Å². The summed E-state index contributed by atoms with van der Waals surface area (Å²) in [5.41, 5.74) is 1.37. The Morgan fingerprint density at radius 3 is 2.89 bits per heavy atom. The van der Waals surface area contributed by atoms with Crippen LogP contribution in [0.4, 0.5) is 5.95 Å². The van der Waals surface area contributed by atoms with E-state index in [4.69, 9.17) is 23.2 Å². The molecule has 4 nitrogen and oxygen atoms in total. The Hall–Kier alpha value is -1.65. The molecule has 0 aliphatic rings. The number of amides is 1. The van der Waals surface area contributed by atoms with Crippen LogP contribution in [0.25, 0.3) is 0 Å². The zero-order valence-corrected chi connectivity index (χ0v) is 10.7. The second kappa shape index (κ2) is 5.80. The maximum absolute atomic E-state index is 11.9. The Morgan fingerprint density at radius 1 is 1.33 bits per heavy atom. The standard InChI is InChI=1S/C12H9Cl2N3O/c13-7-8-2-1-3-9(6-8)11(18)17-12-15-5-4-10(14)16-12/h1-6H,7H2,(H,15,16,17,18). The third kappa shape index (κ3) is 3.18. The van der Waals surface area contributed by atoms with Gasteiger partial charge in [-0.05, 0) is 23.8 Å². The van der Waals surface area contributed by atoms with Crippen molar-refractivity contribution in [1.82, 2.24) is 9.97 Å². The van der Waals surface area contributed by atoms with Gasteiger partial charge in [0.25, 0.3) is 5.91 Å². The highest BCUT2D eigenvalue weighted by Crippen LogP contribution is 2.11. The van der Waals surface area contributed by atoms with E-state index < -0.39 is 0 Å². The van der Waals surface area contributed by atoms with Crippen LogP contribution in [0.5, 0.6) is 0 Å². The summed E-state index contributed by atoms with van der Waals surface area (Å²) in [5.74, 6) is 0.224. The first-order valence-electron chi connectivity index (χ1n) is 5.14. The molecule has 1 aromatic carbocycles. The van der Waals surface area contributed by atoms with Crippen LogP contribution in [0, 0.1) is 0 Å². The monoisotopic (exact) mass is 281 g/mol. The minimum atomic E-state index is -0.302. The smallest absolute Gasteiger partial charge is 0.258 e. The van der Waals surface area contributed by atoms with Gasteiger partial charge in [0, 0.05) is 17.6 Å². The van der Waals surface area contributed by atoms with E-state index >= 15 is 0 Å². The molecular formula is C12H9Cl2N3O. The van der Waals surface area contributed by atoms with E-state index in [9.17, 15) is 4.79 Å². The van der Waals surface area contributed by atoms with E-state index in [1.807, 2.05) is 6.07 Å². The third-order valence-electron chi connectivity index (χ3n) is 2.19. The van der Waals surface area contributed by atoms with Crippen molar-refractivity contribution in [2.45, 2.75) is 5.88 Å². The molecule has 2 aromatic rings. The van der Waals surface area contributed by atoms with Crippen LogP contribution >= 0.6 is 23.2 Å². The van der Waals surface area contributed by atoms with Gasteiger partial charge in [-0.25, -0.2) is 9.97 Å². The number of benzene rings is 1. The Kier molecular flexibility index (Phi) is 4.12. The molecule has 0 unspecified atom stereocenters. The summed E-state index contributed by atoms with van der Waals surface area (Å²) in [6.45, 7) is 0. The molecule has 0 fully saturated rings. The highest BCUT2D eigenvalue weighted by atomic mass is 35.5. The van der Waals surface area contributed by atoms with Gasteiger partial charge in [0.2, 0.25) is 5.95 Å². The van der Waals surface area contributed by atoms with Gasteiger partial charge >= 0.3 is 0 Å². The van der Waals surface area contributed by atoms with Gasteiger partial charge in [0.05, 0.1) is 0 Å². The molecule has 92 valence electrons. The van der Waals surface area contributed by atoms with Crippen LogP contribution in [0.15, 0.2) is 36.5 Å². The predicted molar refractivity (Wildman–Crippen MR) is 71.0 cm³/mol. The molecule has 0 radical (unpaired) electrons. The fraction of sp³-hybridized carbons (Fsp3) is 0.0833. The molecule has 1 aromatic heterocycles.